The predicted octanol–water partition coefficient (Wildman–Crippen LogP) is -0.580. The van der Waals surface area contributed by atoms with E-state index in [-0.39, 0.29) is 18.4 Å². The van der Waals surface area contributed by atoms with Crippen LogP contribution in [0.15, 0.2) is 0 Å². The first-order valence-electron chi connectivity index (χ1n) is 4.12. The highest BCUT2D eigenvalue weighted by Crippen LogP contribution is 2.01. The highest BCUT2D eigenvalue weighted by atomic mass is 16.3. The number of aliphatic hydroxyl groups is 1. The molecule has 0 aliphatic rings. The summed E-state index contributed by atoms with van der Waals surface area (Å²) in [4.78, 5) is 12.8. The molecule has 0 aromatic carbocycles. The summed E-state index contributed by atoms with van der Waals surface area (Å²) >= 11 is 0. The van der Waals surface area contributed by atoms with Crippen molar-refractivity contribution in [3.63, 3.8) is 0 Å². The van der Waals surface area contributed by atoms with Crippen LogP contribution in [0, 0.1) is 5.92 Å². The van der Waals surface area contributed by atoms with Gasteiger partial charge in [0.05, 0.1) is 12.6 Å². The van der Waals surface area contributed by atoms with E-state index in [1.54, 1.807) is 7.05 Å². The minimum Gasteiger partial charge on any atom is -0.395 e. The molecule has 12 heavy (non-hydrogen) atoms. The summed E-state index contributed by atoms with van der Waals surface area (Å²) in [5.74, 6) is 0.0256. The molecule has 0 fully saturated rings. The molecule has 1 atom stereocenters. The van der Waals surface area contributed by atoms with Gasteiger partial charge in [0.2, 0.25) is 5.91 Å². The van der Waals surface area contributed by atoms with Gasteiger partial charge >= 0.3 is 0 Å². The maximum atomic E-state index is 11.4. The normalized spacial score (nSPS) is 13.2. The summed E-state index contributed by atoms with van der Waals surface area (Å²) in [7, 11) is 1.64. The number of amides is 1. The van der Waals surface area contributed by atoms with Crippen LogP contribution >= 0.6 is 0 Å². The van der Waals surface area contributed by atoms with E-state index in [1.807, 2.05) is 13.8 Å². The van der Waals surface area contributed by atoms with Crippen LogP contribution in [0.25, 0.3) is 0 Å². The molecular formula is C8H18N2O2. The van der Waals surface area contributed by atoms with E-state index in [9.17, 15) is 4.79 Å². The fourth-order valence-corrected chi connectivity index (χ4v) is 0.800. The van der Waals surface area contributed by atoms with Crippen molar-refractivity contribution in [1.82, 2.24) is 4.90 Å². The van der Waals surface area contributed by atoms with Crippen molar-refractivity contribution in [2.24, 2.45) is 11.7 Å². The van der Waals surface area contributed by atoms with Crippen LogP contribution in [-0.4, -0.2) is 42.2 Å². The van der Waals surface area contributed by atoms with E-state index in [1.165, 1.54) is 4.90 Å². The second kappa shape index (κ2) is 5.11. The topological polar surface area (TPSA) is 66.6 Å². The zero-order chi connectivity index (χ0) is 9.72. The largest absolute Gasteiger partial charge is 0.395 e. The van der Waals surface area contributed by atoms with Crippen LogP contribution in [0.1, 0.15) is 13.8 Å². The molecule has 0 aliphatic heterocycles. The fraction of sp³-hybridized carbons (Fsp3) is 0.875. The summed E-state index contributed by atoms with van der Waals surface area (Å²) in [5.41, 5.74) is 5.62. The van der Waals surface area contributed by atoms with Gasteiger partial charge in [-0.1, -0.05) is 13.8 Å². The Morgan fingerprint density at radius 3 is 2.42 bits per heavy atom. The number of carbonyl (C=O) groups excluding carboxylic acids is 1. The second-order valence-corrected chi connectivity index (χ2v) is 3.25. The molecule has 0 aromatic rings. The Balaban J connectivity index is 4.00. The van der Waals surface area contributed by atoms with Gasteiger partial charge in [0.25, 0.3) is 0 Å². The highest BCUT2D eigenvalue weighted by molar-refractivity contribution is 5.81. The van der Waals surface area contributed by atoms with E-state index in [0.29, 0.717) is 6.54 Å². The molecule has 4 heteroatoms. The average Bonchev–Trinajstić information content (AvgIpc) is 2.02. The molecule has 0 radical (unpaired) electrons. The van der Waals surface area contributed by atoms with Crippen molar-refractivity contribution >= 4 is 5.91 Å². The van der Waals surface area contributed by atoms with Crippen LogP contribution in [0.4, 0.5) is 0 Å². The molecule has 0 saturated heterocycles. The minimum atomic E-state index is -0.457. The summed E-state index contributed by atoms with van der Waals surface area (Å²) in [6.07, 6.45) is 0. The third kappa shape index (κ3) is 3.19. The van der Waals surface area contributed by atoms with Crippen molar-refractivity contribution in [3.8, 4) is 0 Å². The first-order valence-corrected chi connectivity index (χ1v) is 4.12. The molecule has 0 spiro atoms. The van der Waals surface area contributed by atoms with E-state index < -0.39 is 6.04 Å². The maximum absolute atomic E-state index is 11.4. The van der Waals surface area contributed by atoms with Gasteiger partial charge in [0.1, 0.15) is 0 Å². The molecule has 0 aliphatic carbocycles. The van der Waals surface area contributed by atoms with Crippen LogP contribution in [-0.2, 0) is 4.79 Å². The van der Waals surface area contributed by atoms with Crippen molar-refractivity contribution in [3.05, 3.63) is 0 Å². The Kier molecular flexibility index (Phi) is 4.85. The van der Waals surface area contributed by atoms with Gasteiger partial charge in [-0.2, -0.15) is 0 Å². The zero-order valence-electron chi connectivity index (χ0n) is 7.95. The van der Waals surface area contributed by atoms with Gasteiger partial charge in [-0.05, 0) is 5.92 Å². The fourth-order valence-electron chi connectivity index (χ4n) is 0.800. The smallest absolute Gasteiger partial charge is 0.239 e. The monoisotopic (exact) mass is 174 g/mol. The molecule has 0 saturated carbocycles. The molecule has 3 N–H and O–H groups in total. The number of nitrogens with zero attached hydrogens (tertiary/aromatic N) is 1. The number of hydrogen-bond donors (Lipinski definition) is 2. The second-order valence-electron chi connectivity index (χ2n) is 3.25. The standard InChI is InChI=1S/C8H18N2O2/c1-6(2)7(9)8(12)10(3)4-5-11/h6-7,11H,4-5,9H2,1-3H3/t7-/m0/s1. The summed E-state index contributed by atoms with van der Waals surface area (Å²) in [6.45, 7) is 4.12. The summed E-state index contributed by atoms with van der Waals surface area (Å²) < 4.78 is 0. The number of aliphatic hydroxyl groups excluding tert-OH is 1. The van der Waals surface area contributed by atoms with Gasteiger partial charge in [0, 0.05) is 13.6 Å². The number of nitrogens with two attached hydrogens (primary N) is 1. The zero-order valence-corrected chi connectivity index (χ0v) is 7.95. The van der Waals surface area contributed by atoms with Gasteiger partial charge in [-0.3, -0.25) is 4.79 Å². The summed E-state index contributed by atoms with van der Waals surface area (Å²) in [5, 5.41) is 8.57. The van der Waals surface area contributed by atoms with E-state index in [2.05, 4.69) is 0 Å². The molecule has 0 rings (SSSR count). The van der Waals surface area contributed by atoms with Crippen LogP contribution in [0.3, 0.4) is 0 Å². The lowest BCUT2D eigenvalue weighted by atomic mass is 10.0. The molecule has 72 valence electrons. The first-order chi connectivity index (χ1) is 5.50. The molecule has 4 nitrogen and oxygen atoms in total. The third-order valence-corrected chi connectivity index (χ3v) is 1.82. The highest BCUT2D eigenvalue weighted by Gasteiger charge is 2.20. The molecule has 0 heterocycles. The van der Waals surface area contributed by atoms with E-state index in [4.69, 9.17) is 10.8 Å². The number of likely N-dealkylation sites (N-methyl/N-ethyl adjacent to an activating group) is 1. The van der Waals surface area contributed by atoms with Crippen molar-refractivity contribution in [2.45, 2.75) is 19.9 Å². The lowest BCUT2D eigenvalue weighted by Gasteiger charge is -2.22. The lowest BCUT2D eigenvalue weighted by molar-refractivity contribution is -0.132. The Bertz CT molecular complexity index is 148. The van der Waals surface area contributed by atoms with Crippen molar-refractivity contribution in [2.75, 3.05) is 20.2 Å². The molecule has 1 amide bonds. The molecule has 0 bridgehead atoms. The van der Waals surface area contributed by atoms with E-state index >= 15 is 0 Å². The Morgan fingerprint density at radius 2 is 2.08 bits per heavy atom. The minimum absolute atomic E-state index is 0.0208. The Morgan fingerprint density at radius 1 is 1.58 bits per heavy atom. The van der Waals surface area contributed by atoms with Crippen LogP contribution in [0.5, 0.6) is 0 Å². The van der Waals surface area contributed by atoms with E-state index in [0.717, 1.165) is 0 Å². The van der Waals surface area contributed by atoms with Crippen LogP contribution in [0.2, 0.25) is 0 Å². The first kappa shape index (κ1) is 11.4. The molecule has 0 aromatic heterocycles. The van der Waals surface area contributed by atoms with Gasteiger partial charge < -0.3 is 15.7 Å². The molecule has 0 unspecified atom stereocenters. The Labute approximate surface area is 73.3 Å². The number of hydrogen-bond acceptors (Lipinski definition) is 3. The Hall–Kier alpha value is -0.610. The van der Waals surface area contributed by atoms with Gasteiger partial charge in [-0.15, -0.1) is 0 Å². The SMILES string of the molecule is CC(C)[C@H](N)C(=O)N(C)CCO. The quantitative estimate of drug-likeness (QED) is 0.599. The predicted molar refractivity (Wildman–Crippen MR) is 47.5 cm³/mol. The average molecular weight is 174 g/mol. The molecular weight excluding hydrogens is 156 g/mol. The number of rotatable bonds is 4. The maximum Gasteiger partial charge on any atom is 0.239 e. The lowest BCUT2D eigenvalue weighted by Crippen LogP contribution is -2.45. The summed E-state index contributed by atoms with van der Waals surface area (Å²) in [6, 6.07) is -0.457. The number of carbonyl (C=O) groups is 1. The van der Waals surface area contributed by atoms with Gasteiger partial charge in [0.15, 0.2) is 0 Å². The van der Waals surface area contributed by atoms with Crippen molar-refractivity contribution < 1.29 is 9.90 Å². The third-order valence-electron chi connectivity index (χ3n) is 1.82. The van der Waals surface area contributed by atoms with Crippen molar-refractivity contribution in [1.29, 1.82) is 0 Å². The van der Waals surface area contributed by atoms with Gasteiger partial charge in [-0.25, -0.2) is 0 Å². The van der Waals surface area contributed by atoms with Crippen LogP contribution < -0.4 is 5.73 Å².